The minimum atomic E-state index is 1.05. The summed E-state index contributed by atoms with van der Waals surface area (Å²) in [5.41, 5.74) is 6.83. The second-order valence-corrected chi connectivity index (χ2v) is 8.78. The highest BCUT2D eigenvalue weighted by Gasteiger charge is 2.19. The number of benzene rings is 5. The van der Waals surface area contributed by atoms with Crippen molar-refractivity contribution in [2.24, 2.45) is 0 Å². The molecule has 0 amide bonds. The lowest BCUT2D eigenvalue weighted by Gasteiger charge is -2.27. The van der Waals surface area contributed by atoms with E-state index in [9.17, 15) is 0 Å². The van der Waals surface area contributed by atoms with Crippen LogP contribution in [0.4, 0.5) is 17.1 Å². The molecule has 6 rings (SSSR count). The second kappa shape index (κ2) is 8.27. The third kappa shape index (κ3) is 3.33. The predicted molar refractivity (Wildman–Crippen MR) is 143 cm³/mol. The van der Waals surface area contributed by atoms with Crippen molar-refractivity contribution in [3.63, 3.8) is 0 Å². The zero-order valence-electron chi connectivity index (χ0n) is 17.9. The van der Waals surface area contributed by atoms with E-state index in [-0.39, 0.29) is 0 Å². The minimum Gasteiger partial charge on any atom is -0.309 e. The lowest BCUT2D eigenvalue weighted by molar-refractivity contribution is 1.15. The summed E-state index contributed by atoms with van der Waals surface area (Å²) >= 11 is 4.01. The molecule has 0 atom stereocenters. The fraction of sp³-hybridized carbons (Fsp3) is 0. The quantitative estimate of drug-likeness (QED) is 0.240. The Morgan fingerprint density at radius 3 is 1.52 bits per heavy atom. The molecule has 0 unspecified atom stereocenters. The summed E-state index contributed by atoms with van der Waals surface area (Å²) in [5.74, 6) is 0. The van der Waals surface area contributed by atoms with Gasteiger partial charge in [0.05, 0.1) is 26.9 Å². The van der Waals surface area contributed by atoms with E-state index in [1.54, 1.807) is 0 Å². The van der Waals surface area contributed by atoms with Crippen LogP contribution in [-0.2, 0) is 0 Å². The first-order valence-electron chi connectivity index (χ1n) is 11.0. The van der Waals surface area contributed by atoms with Crippen LogP contribution in [0.2, 0.25) is 0 Å². The van der Waals surface area contributed by atoms with Crippen LogP contribution in [0, 0.1) is 0 Å². The van der Waals surface area contributed by atoms with Gasteiger partial charge in [0.2, 0.25) is 0 Å². The third-order valence-corrected chi connectivity index (χ3v) is 6.86. The fourth-order valence-electron chi connectivity index (χ4n) is 4.62. The van der Waals surface area contributed by atoms with Crippen molar-refractivity contribution < 1.29 is 0 Å². The average Bonchev–Trinajstić information content (AvgIpc) is 3.21. The molecule has 0 saturated carbocycles. The van der Waals surface area contributed by atoms with Crippen molar-refractivity contribution in [3.8, 4) is 5.69 Å². The van der Waals surface area contributed by atoms with E-state index in [0.29, 0.717) is 0 Å². The highest BCUT2D eigenvalue weighted by atomic mass is 79.9. The van der Waals surface area contributed by atoms with Crippen LogP contribution in [0.15, 0.2) is 132 Å². The topological polar surface area (TPSA) is 8.17 Å². The van der Waals surface area contributed by atoms with E-state index >= 15 is 0 Å². The summed E-state index contributed by atoms with van der Waals surface area (Å²) in [7, 11) is 0. The first-order chi connectivity index (χ1) is 16.3. The number of hydrogen-bond acceptors (Lipinski definition) is 1. The molecule has 0 saturated heterocycles. The maximum Gasteiger partial charge on any atom is 0.0656 e. The van der Waals surface area contributed by atoms with Gasteiger partial charge in [-0.25, -0.2) is 0 Å². The smallest absolute Gasteiger partial charge is 0.0656 e. The number of rotatable bonds is 4. The molecule has 0 aliphatic heterocycles. The molecule has 33 heavy (non-hydrogen) atoms. The molecule has 2 nitrogen and oxygen atoms in total. The molecule has 5 aromatic carbocycles. The number of hydrogen-bond donors (Lipinski definition) is 0. The molecule has 1 heterocycles. The maximum atomic E-state index is 4.01. The van der Waals surface area contributed by atoms with Gasteiger partial charge in [0.1, 0.15) is 0 Å². The van der Waals surface area contributed by atoms with E-state index in [1.165, 1.54) is 21.8 Å². The molecule has 0 N–H and O–H groups in total. The van der Waals surface area contributed by atoms with E-state index in [4.69, 9.17) is 0 Å². The van der Waals surface area contributed by atoms with Gasteiger partial charge in [-0.05, 0) is 64.5 Å². The Balaban J connectivity index is 1.63. The van der Waals surface area contributed by atoms with E-state index in [2.05, 4.69) is 153 Å². The van der Waals surface area contributed by atoms with Crippen molar-refractivity contribution in [3.05, 3.63) is 132 Å². The van der Waals surface area contributed by atoms with Gasteiger partial charge in [-0.2, -0.15) is 0 Å². The van der Waals surface area contributed by atoms with E-state index in [1.807, 2.05) is 0 Å². The van der Waals surface area contributed by atoms with E-state index < -0.39 is 0 Å². The molecule has 0 bridgehead atoms. The van der Waals surface area contributed by atoms with Crippen molar-refractivity contribution in [2.75, 3.05) is 4.90 Å². The maximum absolute atomic E-state index is 4.01. The molecule has 158 valence electrons. The minimum absolute atomic E-state index is 1.05. The Morgan fingerprint density at radius 2 is 0.970 bits per heavy atom. The van der Waals surface area contributed by atoms with Gasteiger partial charge in [0.25, 0.3) is 0 Å². The molecule has 0 aliphatic rings. The van der Waals surface area contributed by atoms with Crippen molar-refractivity contribution in [1.29, 1.82) is 0 Å². The van der Waals surface area contributed by atoms with Gasteiger partial charge in [-0.15, -0.1) is 0 Å². The first-order valence-corrected chi connectivity index (χ1v) is 11.8. The number of aromatic nitrogens is 1. The number of nitrogens with zero attached hydrogens (tertiary/aromatic N) is 2. The molecule has 0 spiro atoms. The summed E-state index contributed by atoms with van der Waals surface area (Å²) in [6, 6.07) is 44.7. The summed E-state index contributed by atoms with van der Waals surface area (Å²) in [4.78, 5) is 2.29. The van der Waals surface area contributed by atoms with Crippen LogP contribution in [0.3, 0.4) is 0 Å². The third-order valence-electron chi connectivity index (χ3n) is 6.05. The van der Waals surface area contributed by atoms with Gasteiger partial charge < -0.3 is 9.47 Å². The SMILES string of the molecule is Brc1c(N(c2ccccc2)c2ccccc2)cccc1-n1c2ccccc2c2ccccc21. The van der Waals surface area contributed by atoms with Gasteiger partial charge >= 0.3 is 0 Å². The summed E-state index contributed by atoms with van der Waals surface area (Å²) in [5, 5.41) is 2.52. The zero-order valence-corrected chi connectivity index (χ0v) is 19.5. The normalized spacial score (nSPS) is 11.2. The summed E-state index contributed by atoms with van der Waals surface area (Å²) in [6.07, 6.45) is 0. The molecule has 0 radical (unpaired) electrons. The van der Waals surface area contributed by atoms with Crippen LogP contribution in [0.5, 0.6) is 0 Å². The van der Waals surface area contributed by atoms with Crippen LogP contribution in [0.1, 0.15) is 0 Å². The molecule has 0 fully saturated rings. The van der Waals surface area contributed by atoms with Gasteiger partial charge in [0, 0.05) is 22.1 Å². The molecule has 0 aliphatic carbocycles. The predicted octanol–water partition coefficient (Wildman–Crippen LogP) is 9.02. The van der Waals surface area contributed by atoms with Gasteiger partial charge in [0.15, 0.2) is 0 Å². The second-order valence-electron chi connectivity index (χ2n) is 7.99. The lowest BCUT2D eigenvalue weighted by atomic mass is 10.1. The van der Waals surface area contributed by atoms with Gasteiger partial charge in [-0.3, -0.25) is 0 Å². The number of anilines is 3. The van der Waals surface area contributed by atoms with Crippen molar-refractivity contribution in [1.82, 2.24) is 4.57 Å². The van der Waals surface area contributed by atoms with Crippen LogP contribution >= 0.6 is 15.9 Å². The molecule has 1 aromatic heterocycles. The van der Waals surface area contributed by atoms with E-state index in [0.717, 1.165) is 27.2 Å². The van der Waals surface area contributed by atoms with Crippen molar-refractivity contribution in [2.45, 2.75) is 0 Å². The molecule has 6 aromatic rings. The highest BCUT2D eigenvalue weighted by Crippen LogP contribution is 2.43. The standard InChI is InChI=1S/C30H21BrN2/c31-30-28(32(22-12-3-1-4-13-22)23-14-5-2-6-15-23)20-11-21-29(30)33-26-18-9-7-16-24(26)25-17-8-10-19-27(25)33/h1-21H. The Morgan fingerprint density at radius 1 is 0.485 bits per heavy atom. The summed E-state index contributed by atoms with van der Waals surface area (Å²) in [6.45, 7) is 0. The van der Waals surface area contributed by atoms with Crippen LogP contribution in [0.25, 0.3) is 27.5 Å². The molecular formula is C30H21BrN2. The Bertz CT molecular complexity index is 1480. The average molecular weight is 489 g/mol. The van der Waals surface area contributed by atoms with Gasteiger partial charge in [-0.1, -0.05) is 78.9 Å². The zero-order chi connectivity index (χ0) is 22.2. The summed E-state index contributed by atoms with van der Waals surface area (Å²) < 4.78 is 3.40. The monoisotopic (exact) mass is 488 g/mol. The Hall–Kier alpha value is -3.82. The van der Waals surface area contributed by atoms with Crippen LogP contribution in [-0.4, -0.2) is 4.57 Å². The molecule has 3 heteroatoms. The fourth-order valence-corrected chi connectivity index (χ4v) is 5.24. The largest absolute Gasteiger partial charge is 0.309 e. The Labute approximate surface area is 201 Å². The molecular weight excluding hydrogens is 468 g/mol. The van der Waals surface area contributed by atoms with Crippen LogP contribution < -0.4 is 4.90 Å². The first kappa shape index (κ1) is 19.8. The highest BCUT2D eigenvalue weighted by molar-refractivity contribution is 9.10. The number of halogens is 1. The number of fused-ring (bicyclic) bond motifs is 3. The lowest BCUT2D eigenvalue weighted by Crippen LogP contribution is -2.11. The number of para-hydroxylation sites is 4. The Kier molecular flexibility index (Phi) is 4.97. The van der Waals surface area contributed by atoms with Crippen molar-refractivity contribution >= 4 is 54.8 Å².